The van der Waals surface area contributed by atoms with E-state index < -0.39 is 5.97 Å². The number of amides is 1. The number of aromatic carboxylic acids is 1. The van der Waals surface area contributed by atoms with Gasteiger partial charge in [-0.05, 0) is 31.0 Å². The van der Waals surface area contributed by atoms with Crippen LogP contribution in [0.15, 0.2) is 48.5 Å². The minimum absolute atomic E-state index is 0.00740. The Morgan fingerprint density at radius 3 is 2.68 bits per heavy atom. The van der Waals surface area contributed by atoms with Crippen LogP contribution < -0.4 is 4.74 Å². The molecular weight excluding hydrogens is 318 g/mol. The first-order chi connectivity index (χ1) is 12.1. The molecule has 0 spiro atoms. The van der Waals surface area contributed by atoms with Crippen LogP contribution in [0, 0.1) is 0 Å². The average molecular weight is 339 g/mol. The Labute approximate surface area is 146 Å². The molecule has 0 fully saturated rings. The van der Waals surface area contributed by atoms with Crippen LogP contribution >= 0.6 is 0 Å². The molecular formula is C20H21NO4. The number of hydrogen-bond acceptors (Lipinski definition) is 3. The van der Waals surface area contributed by atoms with Crippen LogP contribution in [0.25, 0.3) is 0 Å². The van der Waals surface area contributed by atoms with Gasteiger partial charge in [0, 0.05) is 18.5 Å². The third kappa shape index (κ3) is 3.82. The highest BCUT2D eigenvalue weighted by Crippen LogP contribution is 2.25. The van der Waals surface area contributed by atoms with E-state index in [1.165, 1.54) is 0 Å². The second-order valence-corrected chi connectivity index (χ2v) is 6.25. The van der Waals surface area contributed by atoms with E-state index in [1.807, 2.05) is 36.1 Å². The Bertz CT molecular complexity index is 787. The number of carboxylic acids is 1. The van der Waals surface area contributed by atoms with E-state index in [1.54, 1.807) is 24.3 Å². The monoisotopic (exact) mass is 339 g/mol. The van der Waals surface area contributed by atoms with Crippen LogP contribution in [-0.4, -0.2) is 34.5 Å². The van der Waals surface area contributed by atoms with Gasteiger partial charge in [-0.2, -0.15) is 0 Å². The molecule has 0 aliphatic carbocycles. The molecule has 5 nitrogen and oxygen atoms in total. The summed E-state index contributed by atoms with van der Waals surface area (Å²) in [7, 11) is 0. The number of rotatable bonds is 4. The second kappa shape index (κ2) is 7.38. The lowest BCUT2D eigenvalue weighted by Crippen LogP contribution is -2.40. The Morgan fingerprint density at radius 2 is 1.88 bits per heavy atom. The predicted octanol–water partition coefficient (Wildman–Crippen LogP) is 3.13. The fourth-order valence-corrected chi connectivity index (χ4v) is 3.08. The van der Waals surface area contributed by atoms with Gasteiger partial charge in [0.15, 0.2) is 0 Å². The molecule has 130 valence electrons. The summed E-state index contributed by atoms with van der Waals surface area (Å²) in [4.78, 5) is 25.9. The van der Waals surface area contributed by atoms with Crippen molar-refractivity contribution in [2.45, 2.75) is 32.4 Å². The first-order valence-electron chi connectivity index (χ1n) is 8.37. The molecule has 0 saturated carbocycles. The molecule has 1 aliphatic rings. The number of benzene rings is 2. The minimum Gasteiger partial charge on any atom is -0.491 e. The van der Waals surface area contributed by atoms with Crippen molar-refractivity contribution < 1.29 is 19.4 Å². The van der Waals surface area contributed by atoms with Gasteiger partial charge in [0.1, 0.15) is 12.4 Å². The smallest absolute Gasteiger partial charge is 0.335 e. The summed E-state index contributed by atoms with van der Waals surface area (Å²) in [5.74, 6) is -0.137. The van der Waals surface area contributed by atoms with E-state index in [9.17, 15) is 14.7 Å². The molecule has 1 amide bonds. The molecule has 0 aromatic heterocycles. The van der Waals surface area contributed by atoms with E-state index in [-0.39, 0.29) is 23.9 Å². The number of aryl methyl sites for hydroxylation is 1. The third-order valence-electron chi connectivity index (χ3n) is 4.50. The van der Waals surface area contributed by atoms with E-state index in [0.29, 0.717) is 25.1 Å². The third-order valence-corrected chi connectivity index (χ3v) is 4.50. The first kappa shape index (κ1) is 17.0. The lowest BCUT2D eigenvalue weighted by Gasteiger charge is -2.26. The van der Waals surface area contributed by atoms with Gasteiger partial charge in [0.25, 0.3) is 0 Å². The fraction of sp³-hybridized carbons (Fsp3) is 0.300. The first-order valence-corrected chi connectivity index (χ1v) is 8.37. The van der Waals surface area contributed by atoms with Crippen molar-refractivity contribution in [3.8, 4) is 5.75 Å². The van der Waals surface area contributed by atoms with Gasteiger partial charge in [-0.15, -0.1) is 0 Å². The van der Waals surface area contributed by atoms with Crippen molar-refractivity contribution in [3.05, 3.63) is 65.2 Å². The van der Waals surface area contributed by atoms with Crippen molar-refractivity contribution >= 4 is 11.9 Å². The number of fused-ring (bicyclic) bond motifs is 1. The van der Waals surface area contributed by atoms with Crippen molar-refractivity contribution in [2.24, 2.45) is 0 Å². The lowest BCUT2D eigenvalue weighted by molar-refractivity contribution is -0.134. The number of nitrogens with zero attached hydrogens (tertiary/aromatic N) is 1. The van der Waals surface area contributed by atoms with Crippen LogP contribution in [0.2, 0.25) is 0 Å². The van der Waals surface area contributed by atoms with Crippen molar-refractivity contribution in [1.82, 2.24) is 4.90 Å². The SMILES string of the molecule is CC1COc2ccccc2CN1C(=O)CCc1ccccc1C(=O)O. The van der Waals surface area contributed by atoms with Gasteiger partial charge in [-0.3, -0.25) is 4.79 Å². The van der Waals surface area contributed by atoms with Gasteiger partial charge in [-0.25, -0.2) is 4.79 Å². The zero-order valence-electron chi connectivity index (χ0n) is 14.1. The van der Waals surface area contributed by atoms with Gasteiger partial charge >= 0.3 is 5.97 Å². The molecule has 2 aromatic rings. The molecule has 1 unspecified atom stereocenters. The van der Waals surface area contributed by atoms with E-state index in [0.717, 1.165) is 11.3 Å². The molecule has 0 saturated heterocycles. The highest BCUT2D eigenvalue weighted by Gasteiger charge is 2.25. The summed E-state index contributed by atoms with van der Waals surface area (Å²) in [5, 5.41) is 9.26. The highest BCUT2D eigenvalue weighted by atomic mass is 16.5. The zero-order valence-corrected chi connectivity index (χ0v) is 14.1. The number of para-hydroxylation sites is 1. The van der Waals surface area contributed by atoms with Crippen LogP contribution in [0.3, 0.4) is 0 Å². The van der Waals surface area contributed by atoms with Crippen LogP contribution in [0.4, 0.5) is 0 Å². The van der Waals surface area contributed by atoms with Crippen LogP contribution in [0.5, 0.6) is 5.75 Å². The summed E-state index contributed by atoms with van der Waals surface area (Å²) in [6.45, 7) is 2.93. The normalized spacial score (nSPS) is 16.5. The van der Waals surface area contributed by atoms with Crippen LogP contribution in [0.1, 0.15) is 34.8 Å². The molecule has 1 N–H and O–H groups in total. The molecule has 0 bridgehead atoms. The van der Waals surface area contributed by atoms with Crippen molar-refractivity contribution in [3.63, 3.8) is 0 Å². The molecule has 2 aromatic carbocycles. The number of carboxylic acid groups (broad SMARTS) is 1. The molecule has 1 aliphatic heterocycles. The van der Waals surface area contributed by atoms with Crippen LogP contribution in [-0.2, 0) is 17.8 Å². The standard InChI is InChI=1S/C20H21NO4/c1-14-13-25-18-9-5-3-7-16(18)12-21(14)19(22)11-10-15-6-2-4-8-17(15)20(23)24/h2-9,14H,10-13H2,1H3,(H,23,24). The number of hydrogen-bond donors (Lipinski definition) is 1. The summed E-state index contributed by atoms with van der Waals surface area (Å²) in [6.07, 6.45) is 0.684. The maximum absolute atomic E-state index is 12.7. The molecule has 1 heterocycles. The highest BCUT2D eigenvalue weighted by molar-refractivity contribution is 5.89. The van der Waals surface area contributed by atoms with E-state index >= 15 is 0 Å². The fourth-order valence-electron chi connectivity index (χ4n) is 3.08. The van der Waals surface area contributed by atoms with Crippen molar-refractivity contribution in [1.29, 1.82) is 0 Å². The molecule has 0 radical (unpaired) electrons. The Morgan fingerprint density at radius 1 is 1.16 bits per heavy atom. The summed E-state index contributed by atoms with van der Waals surface area (Å²) < 4.78 is 5.78. The number of ether oxygens (including phenoxy) is 1. The molecule has 25 heavy (non-hydrogen) atoms. The Kier molecular flexibility index (Phi) is 5.03. The summed E-state index contributed by atoms with van der Waals surface area (Å²) in [6, 6.07) is 14.5. The van der Waals surface area contributed by atoms with Gasteiger partial charge in [0.2, 0.25) is 5.91 Å². The summed E-state index contributed by atoms with van der Waals surface area (Å²) >= 11 is 0. The zero-order chi connectivity index (χ0) is 17.8. The lowest BCUT2D eigenvalue weighted by atomic mass is 10.0. The maximum atomic E-state index is 12.7. The second-order valence-electron chi connectivity index (χ2n) is 6.25. The summed E-state index contributed by atoms with van der Waals surface area (Å²) in [5.41, 5.74) is 1.93. The predicted molar refractivity (Wildman–Crippen MR) is 93.7 cm³/mol. The topological polar surface area (TPSA) is 66.8 Å². The molecule has 3 rings (SSSR count). The average Bonchev–Trinajstić information content (AvgIpc) is 2.79. The van der Waals surface area contributed by atoms with E-state index in [2.05, 4.69) is 0 Å². The van der Waals surface area contributed by atoms with Gasteiger partial charge < -0.3 is 14.7 Å². The number of carbonyl (C=O) groups is 2. The molecule has 5 heteroatoms. The molecule has 1 atom stereocenters. The Hall–Kier alpha value is -2.82. The number of carbonyl (C=O) groups excluding carboxylic acids is 1. The van der Waals surface area contributed by atoms with Gasteiger partial charge in [-0.1, -0.05) is 36.4 Å². The largest absolute Gasteiger partial charge is 0.491 e. The quantitative estimate of drug-likeness (QED) is 0.929. The van der Waals surface area contributed by atoms with Crippen molar-refractivity contribution in [2.75, 3.05) is 6.61 Å². The Balaban J connectivity index is 1.72. The maximum Gasteiger partial charge on any atom is 0.335 e. The van der Waals surface area contributed by atoms with E-state index in [4.69, 9.17) is 4.74 Å². The minimum atomic E-state index is -0.964. The van der Waals surface area contributed by atoms with Gasteiger partial charge in [0.05, 0.1) is 11.6 Å².